The summed E-state index contributed by atoms with van der Waals surface area (Å²) in [6.45, 7) is 2.54. The van der Waals surface area contributed by atoms with Gasteiger partial charge in [0, 0.05) is 12.2 Å². The van der Waals surface area contributed by atoms with Crippen LogP contribution >= 0.6 is 0 Å². The maximum atomic E-state index is 12.6. The van der Waals surface area contributed by atoms with Crippen LogP contribution in [0.25, 0.3) is 0 Å². The summed E-state index contributed by atoms with van der Waals surface area (Å²) in [6.07, 6.45) is 0.812. The molecule has 0 radical (unpaired) electrons. The molecule has 0 fully saturated rings. The fourth-order valence-corrected chi connectivity index (χ4v) is 3.27. The number of carboxylic acid groups (broad SMARTS) is 1. The van der Waals surface area contributed by atoms with E-state index in [9.17, 15) is 13.2 Å². The first-order chi connectivity index (χ1) is 10.9. The molecule has 0 bridgehead atoms. The predicted molar refractivity (Wildman–Crippen MR) is 89.4 cm³/mol. The second-order valence-corrected chi connectivity index (χ2v) is 6.57. The van der Waals surface area contributed by atoms with E-state index >= 15 is 0 Å². The van der Waals surface area contributed by atoms with Gasteiger partial charge < -0.3 is 10.4 Å². The normalized spacial score (nSPS) is 11.0. The van der Waals surface area contributed by atoms with Crippen molar-refractivity contribution < 1.29 is 18.3 Å². The van der Waals surface area contributed by atoms with Crippen molar-refractivity contribution in [2.75, 3.05) is 16.6 Å². The Morgan fingerprint density at radius 1 is 1.13 bits per heavy atom. The molecule has 2 rings (SSSR count). The van der Waals surface area contributed by atoms with Crippen LogP contribution in [0.5, 0.6) is 0 Å². The summed E-state index contributed by atoms with van der Waals surface area (Å²) in [7, 11) is -3.91. The summed E-state index contributed by atoms with van der Waals surface area (Å²) in [5.74, 6) is -1.18. The molecule has 0 aromatic heterocycles. The molecule has 2 aromatic carbocycles. The zero-order chi connectivity index (χ0) is 16.9. The summed E-state index contributed by atoms with van der Waals surface area (Å²) in [5, 5.41) is 12.1. The molecule has 0 unspecified atom stereocenters. The Morgan fingerprint density at radius 3 is 2.43 bits per heavy atom. The first-order valence-corrected chi connectivity index (χ1v) is 8.61. The van der Waals surface area contributed by atoms with E-state index in [1.165, 1.54) is 12.1 Å². The molecule has 0 atom stereocenters. The van der Waals surface area contributed by atoms with Crippen LogP contribution in [0.1, 0.15) is 23.7 Å². The van der Waals surface area contributed by atoms with Crippen molar-refractivity contribution in [1.82, 2.24) is 0 Å². The number of carbonyl (C=O) groups is 1. The number of para-hydroxylation sites is 1. The topological polar surface area (TPSA) is 95.5 Å². The number of carboxylic acids is 1. The highest BCUT2D eigenvalue weighted by atomic mass is 32.2. The molecular formula is C16H18N2O4S. The average Bonchev–Trinajstić information content (AvgIpc) is 2.53. The van der Waals surface area contributed by atoms with Crippen molar-refractivity contribution in [3.05, 3.63) is 54.1 Å². The highest BCUT2D eigenvalue weighted by molar-refractivity contribution is 7.92. The summed E-state index contributed by atoms with van der Waals surface area (Å²) in [6, 6.07) is 12.4. The van der Waals surface area contributed by atoms with Gasteiger partial charge in [-0.1, -0.05) is 25.1 Å². The van der Waals surface area contributed by atoms with Gasteiger partial charge in [-0.25, -0.2) is 13.2 Å². The van der Waals surface area contributed by atoms with Crippen LogP contribution in [-0.4, -0.2) is 26.0 Å². The second kappa shape index (κ2) is 7.15. The van der Waals surface area contributed by atoms with Gasteiger partial charge in [0.25, 0.3) is 10.0 Å². The fourth-order valence-electron chi connectivity index (χ4n) is 2.00. The SMILES string of the molecule is CCCNc1ccc(C(=O)O)cc1S(=O)(=O)Nc1ccccc1. The van der Waals surface area contributed by atoms with Crippen molar-refractivity contribution in [1.29, 1.82) is 0 Å². The van der Waals surface area contributed by atoms with E-state index in [-0.39, 0.29) is 10.5 Å². The summed E-state index contributed by atoms with van der Waals surface area (Å²) in [5.41, 5.74) is 0.704. The Balaban J connectivity index is 2.44. The third-order valence-corrected chi connectivity index (χ3v) is 4.53. The molecule has 7 heteroatoms. The maximum Gasteiger partial charge on any atom is 0.335 e. The first kappa shape index (κ1) is 16.8. The molecule has 0 aliphatic carbocycles. The summed E-state index contributed by atoms with van der Waals surface area (Å²) < 4.78 is 27.7. The van der Waals surface area contributed by atoms with Crippen LogP contribution in [0, 0.1) is 0 Å². The van der Waals surface area contributed by atoms with Crippen molar-refractivity contribution in [3.63, 3.8) is 0 Å². The molecule has 6 nitrogen and oxygen atoms in total. The monoisotopic (exact) mass is 334 g/mol. The molecular weight excluding hydrogens is 316 g/mol. The standard InChI is InChI=1S/C16H18N2O4S/c1-2-10-17-14-9-8-12(16(19)20)11-15(14)23(21,22)18-13-6-4-3-5-7-13/h3-9,11,17-18H,2,10H2,1H3,(H,19,20). The minimum Gasteiger partial charge on any atom is -0.478 e. The van der Waals surface area contributed by atoms with Gasteiger partial charge in [0.1, 0.15) is 4.90 Å². The van der Waals surface area contributed by atoms with Gasteiger partial charge in [-0.05, 0) is 36.8 Å². The maximum absolute atomic E-state index is 12.6. The van der Waals surface area contributed by atoms with Crippen LogP contribution in [0.4, 0.5) is 11.4 Å². The summed E-state index contributed by atoms with van der Waals surface area (Å²) in [4.78, 5) is 11.0. The molecule has 0 saturated heterocycles. The van der Waals surface area contributed by atoms with Crippen molar-refractivity contribution in [2.45, 2.75) is 18.2 Å². The predicted octanol–water partition coefficient (Wildman–Crippen LogP) is 3.01. The molecule has 0 saturated carbocycles. The lowest BCUT2D eigenvalue weighted by Crippen LogP contribution is -2.16. The Labute approximate surface area is 135 Å². The van der Waals surface area contributed by atoms with Crippen LogP contribution < -0.4 is 10.0 Å². The average molecular weight is 334 g/mol. The van der Waals surface area contributed by atoms with Crippen molar-refractivity contribution >= 4 is 27.4 Å². The molecule has 0 aliphatic heterocycles. The minimum atomic E-state index is -3.91. The zero-order valence-corrected chi connectivity index (χ0v) is 13.4. The van der Waals surface area contributed by atoms with Gasteiger partial charge in [-0.15, -0.1) is 0 Å². The largest absolute Gasteiger partial charge is 0.478 e. The lowest BCUT2D eigenvalue weighted by Gasteiger charge is -2.14. The number of rotatable bonds is 7. The quantitative estimate of drug-likeness (QED) is 0.723. The molecule has 0 spiro atoms. The van der Waals surface area contributed by atoms with Gasteiger partial charge in [0.2, 0.25) is 0 Å². The van der Waals surface area contributed by atoms with Gasteiger partial charge in [-0.2, -0.15) is 0 Å². The van der Waals surface area contributed by atoms with Crippen LogP contribution in [0.2, 0.25) is 0 Å². The van der Waals surface area contributed by atoms with Gasteiger partial charge in [-0.3, -0.25) is 4.72 Å². The zero-order valence-electron chi connectivity index (χ0n) is 12.6. The van der Waals surface area contributed by atoms with Crippen LogP contribution in [0.15, 0.2) is 53.4 Å². The smallest absolute Gasteiger partial charge is 0.335 e. The lowest BCUT2D eigenvalue weighted by molar-refractivity contribution is 0.0696. The molecule has 0 heterocycles. The van der Waals surface area contributed by atoms with E-state index in [0.29, 0.717) is 17.9 Å². The van der Waals surface area contributed by atoms with Crippen LogP contribution in [-0.2, 0) is 10.0 Å². The van der Waals surface area contributed by atoms with E-state index in [1.54, 1.807) is 30.3 Å². The number of hydrogen-bond donors (Lipinski definition) is 3. The van der Waals surface area contributed by atoms with E-state index in [0.717, 1.165) is 12.5 Å². The Bertz CT molecular complexity index is 789. The van der Waals surface area contributed by atoms with Gasteiger partial charge >= 0.3 is 5.97 Å². The van der Waals surface area contributed by atoms with Gasteiger partial charge in [0.15, 0.2) is 0 Å². The van der Waals surface area contributed by atoms with E-state index in [1.807, 2.05) is 6.92 Å². The van der Waals surface area contributed by atoms with E-state index < -0.39 is 16.0 Å². The Morgan fingerprint density at radius 2 is 1.83 bits per heavy atom. The highest BCUT2D eigenvalue weighted by Crippen LogP contribution is 2.25. The fraction of sp³-hybridized carbons (Fsp3) is 0.188. The molecule has 23 heavy (non-hydrogen) atoms. The third-order valence-electron chi connectivity index (χ3n) is 3.11. The Hall–Kier alpha value is -2.54. The molecule has 122 valence electrons. The van der Waals surface area contributed by atoms with E-state index in [4.69, 9.17) is 5.11 Å². The lowest BCUT2D eigenvalue weighted by atomic mass is 10.2. The number of hydrogen-bond acceptors (Lipinski definition) is 4. The van der Waals surface area contributed by atoms with Crippen molar-refractivity contribution in [3.8, 4) is 0 Å². The second-order valence-electron chi connectivity index (χ2n) is 4.91. The summed E-state index contributed by atoms with van der Waals surface area (Å²) >= 11 is 0. The molecule has 2 aromatic rings. The van der Waals surface area contributed by atoms with Crippen LogP contribution in [0.3, 0.4) is 0 Å². The first-order valence-electron chi connectivity index (χ1n) is 7.13. The number of aromatic carboxylic acids is 1. The van der Waals surface area contributed by atoms with Gasteiger partial charge in [0.05, 0.1) is 11.3 Å². The third kappa shape index (κ3) is 4.23. The molecule has 0 amide bonds. The molecule has 3 N–H and O–H groups in total. The van der Waals surface area contributed by atoms with Crippen molar-refractivity contribution in [2.24, 2.45) is 0 Å². The number of nitrogens with one attached hydrogen (secondary N) is 2. The number of anilines is 2. The number of benzene rings is 2. The molecule has 0 aliphatic rings. The minimum absolute atomic E-state index is 0.0829. The highest BCUT2D eigenvalue weighted by Gasteiger charge is 2.21. The van der Waals surface area contributed by atoms with E-state index in [2.05, 4.69) is 10.0 Å². The Kier molecular flexibility index (Phi) is 5.23. The number of sulfonamides is 1.